The molecule has 0 unspecified atom stereocenters. The van der Waals surface area contributed by atoms with Crippen LogP contribution in [0.1, 0.15) is 39.0 Å². The van der Waals surface area contributed by atoms with E-state index in [0.717, 1.165) is 23.4 Å². The normalized spacial score (nSPS) is 33.8. The molecular formula is C12H22N2OS. The minimum atomic E-state index is 0.0959. The third-order valence-corrected chi connectivity index (χ3v) is 4.34. The Bertz CT molecular complexity index is 255. The van der Waals surface area contributed by atoms with Crippen molar-refractivity contribution in [2.45, 2.75) is 51.1 Å². The second kappa shape index (κ2) is 5.32. The lowest BCUT2D eigenvalue weighted by Crippen LogP contribution is -2.48. The van der Waals surface area contributed by atoms with Gasteiger partial charge in [-0.1, -0.05) is 13.3 Å². The van der Waals surface area contributed by atoms with Crippen molar-refractivity contribution in [2.75, 3.05) is 6.61 Å². The van der Waals surface area contributed by atoms with Crippen molar-refractivity contribution < 1.29 is 5.11 Å². The van der Waals surface area contributed by atoms with E-state index in [1.807, 2.05) is 6.92 Å². The van der Waals surface area contributed by atoms with Crippen LogP contribution in [-0.4, -0.2) is 28.9 Å². The second-order valence-electron chi connectivity index (χ2n) is 5.19. The van der Waals surface area contributed by atoms with Crippen LogP contribution < -0.4 is 10.6 Å². The fourth-order valence-corrected chi connectivity index (χ4v) is 3.41. The molecule has 0 saturated heterocycles. The minimum Gasteiger partial charge on any atom is -0.394 e. The molecule has 4 heteroatoms. The number of aliphatic hydroxyl groups excluding tert-OH is 1. The zero-order chi connectivity index (χ0) is 11.5. The second-order valence-corrected chi connectivity index (χ2v) is 5.60. The average molecular weight is 242 g/mol. The number of aliphatic hydroxyl groups is 1. The predicted molar refractivity (Wildman–Crippen MR) is 69.3 cm³/mol. The first kappa shape index (κ1) is 12.1. The Hall–Kier alpha value is -0.350. The third-order valence-electron chi connectivity index (χ3n) is 4.10. The van der Waals surface area contributed by atoms with Gasteiger partial charge in [-0.3, -0.25) is 0 Å². The van der Waals surface area contributed by atoms with Gasteiger partial charge in [0.25, 0.3) is 0 Å². The molecule has 3 nitrogen and oxygen atoms in total. The van der Waals surface area contributed by atoms with Gasteiger partial charge in [-0.25, -0.2) is 0 Å². The summed E-state index contributed by atoms with van der Waals surface area (Å²) in [6.45, 7) is 2.20. The van der Waals surface area contributed by atoms with Gasteiger partial charge < -0.3 is 15.7 Å². The van der Waals surface area contributed by atoms with Crippen LogP contribution in [0, 0.1) is 11.8 Å². The maximum atomic E-state index is 9.09. The van der Waals surface area contributed by atoms with Crippen LogP contribution in [0.3, 0.4) is 0 Å². The van der Waals surface area contributed by atoms with Crippen molar-refractivity contribution in [1.82, 2.24) is 10.6 Å². The number of rotatable bonds is 4. The van der Waals surface area contributed by atoms with E-state index in [2.05, 4.69) is 10.6 Å². The summed E-state index contributed by atoms with van der Waals surface area (Å²) in [7, 11) is 0. The van der Waals surface area contributed by atoms with Crippen molar-refractivity contribution in [2.24, 2.45) is 11.8 Å². The van der Waals surface area contributed by atoms with E-state index in [4.69, 9.17) is 17.3 Å². The third kappa shape index (κ3) is 2.66. The van der Waals surface area contributed by atoms with E-state index in [0.29, 0.717) is 6.04 Å². The molecule has 0 aromatic heterocycles. The molecule has 16 heavy (non-hydrogen) atoms. The Morgan fingerprint density at radius 1 is 1.44 bits per heavy atom. The molecular weight excluding hydrogens is 220 g/mol. The first-order valence-corrected chi connectivity index (χ1v) is 6.81. The molecule has 0 spiro atoms. The van der Waals surface area contributed by atoms with Gasteiger partial charge >= 0.3 is 0 Å². The van der Waals surface area contributed by atoms with E-state index >= 15 is 0 Å². The number of nitrogens with one attached hydrogen (secondary N) is 2. The van der Waals surface area contributed by atoms with Crippen molar-refractivity contribution >= 4 is 17.3 Å². The fourth-order valence-electron chi connectivity index (χ4n) is 3.09. The van der Waals surface area contributed by atoms with Gasteiger partial charge in [-0.2, -0.15) is 0 Å². The highest BCUT2D eigenvalue weighted by Crippen LogP contribution is 2.44. The highest BCUT2D eigenvalue weighted by molar-refractivity contribution is 7.80. The molecule has 0 aromatic carbocycles. The SMILES string of the molecule is CC[C@H](CO)NC(=S)N[C@@H]1C[C@@H]2CC[C@H]1C2. The van der Waals surface area contributed by atoms with Crippen LogP contribution in [0.4, 0.5) is 0 Å². The lowest BCUT2D eigenvalue weighted by atomic mass is 9.95. The van der Waals surface area contributed by atoms with Crippen LogP contribution in [0.2, 0.25) is 0 Å². The molecule has 2 bridgehead atoms. The van der Waals surface area contributed by atoms with Crippen LogP contribution in [0.5, 0.6) is 0 Å². The highest BCUT2D eigenvalue weighted by Gasteiger charge is 2.39. The Balaban J connectivity index is 1.75. The van der Waals surface area contributed by atoms with Gasteiger partial charge in [0.2, 0.25) is 0 Å². The van der Waals surface area contributed by atoms with Crippen LogP contribution in [0.15, 0.2) is 0 Å². The minimum absolute atomic E-state index is 0.0959. The molecule has 2 fully saturated rings. The molecule has 2 aliphatic rings. The van der Waals surface area contributed by atoms with Gasteiger partial charge in [-0.05, 0) is 49.7 Å². The Morgan fingerprint density at radius 3 is 2.75 bits per heavy atom. The lowest BCUT2D eigenvalue weighted by Gasteiger charge is -2.26. The van der Waals surface area contributed by atoms with E-state index in [9.17, 15) is 0 Å². The zero-order valence-corrected chi connectivity index (χ0v) is 10.7. The topological polar surface area (TPSA) is 44.3 Å². The summed E-state index contributed by atoms with van der Waals surface area (Å²) in [5, 5.41) is 16.4. The Kier molecular flexibility index (Phi) is 4.03. The fraction of sp³-hybridized carbons (Fsp3) is 0.917. The van der Waals surface area contributed by atoms with Crippen LogP contribution in [-0.2, 0) is 0 Å². The van der Waals surface area contributed by atoms with E-state index in [1.54, 1.807) is 0 Å². The summed E-state index contributed by atoms with van der Waals surface area (Å²) in [6, 6.07) is 0.675. The van der Waals surface area contributed by atoms with Crippen molar-refractivity contribution in [1.29, 1.82) is 0 Å². The van der Waals surface area contributed by atoms with E-state index in [-0.39, 0.29) is 12.6 Å². The number of thiocarbonyl (C=S) groups is 1. The monoisotopic (exact) mass is 242 g/mol. The molecule has 4 atom stereocenters. The van der Waals surface area contributed by atoms with Crippen molar-refractivity contribution in [3.05, 3.63) is 0 Å². The largest absolute Gasteiger partial charge is 0.394 e. The van der Waals surface area contributed by atoms with Gasteiger partial charge in [0.05, 0.1) is 12.6 Å². The van der Waals surface area contributed by atoms with E-state index < -0.39 is 0 Å². The quantitative estimate of drug-likeness (QED) is 0.652. The standard InChI is InChI=1S/C12H22N2OS/c1-2-10(7-15)13-12(16)14-11-6-8-3-4-9(11)5-8/h8-11,15H,2-7H2,1H3,(H2,13,14,16)/t8-,9+,10-,11-/m1/s1. The maximum absolute atomic E-state index is 9.09. The van der Waals surface area contributed by atoms with Gasteiger partial charge in [0, 0.05) is 6.04 Å². The van der Waals surface area contributed by atoms with Gasteiger partial charge in [0.1, 0.15) is 0 Å². The summed E-state index contributed by atoms with van der Waals surface area (Å²) in [5.74, 6) is 1.77. The summed E-state index contributed by atoms with van der Waals surface area (Å²) in [5.41, 5.74) is 0. The molecule has 2 saturated carbocycles. The highest BCUT2D eigenvalue weighted by atomic mass is 32.1. The van der Waals surface area contributed by atoms with Crippen molar-refractivity contribution in [3.8, 4) is 0 Å². The van der Waals surface area contributed by atoms with Crippen LogP contribution >= 0.6 is 12.2 Å². The maximum Gasteiger partial charge on any atom is 0.166 e. The molecule has 0 aromatic rings. The van der Waals surface area contributed by atoms with Gasteiger partial charge in [0.15, 0.2) is 5.11 Å². The van der Waals surface area contributed by atoms with Crippen molar-refractivity contribution in [3.63, 3.8) is 0 Å². The molecule has 0 amide bonds. The van der Waals surface area contributed by atoms with Crippen LogP contribution in [0.25, 0.3) is 0 Å². The summed E-state index contributed by atoms with van der Waals surface area (Å²) < 4.78 is 0. The predicted octanol–water partition coefficient (Wildman–Crippen LogP) is 1.41. The molecule has 0 radical (unpaired) electrons. The average Bonchev–Trinajstić information content (AvgIpc) is 2.87. The summed E-state index contributed by atoms with van der Waals surface area (Å²) >= 11 is 5.28. The molecule has 2 rings (SSSR count). The summed E-state index contributed by atoms with van der Waals surface area (Å²) in [4.78, 5) is 0. The zero-order valence-electron chi connectivity index (χ0n) is 9.91. The summed E-state index contributed by atoms with van der Waals surface area (Å²) in [6.07, 6.45) is 6.34. The number of hydrogen-bond donors (Lipinski definition) is 3. The molecule has 2 aliphatic carbocycles. The molecule has 0 aliphatic heterocycles. The molecule has 0 heterocycles. The molecule has 3 N–H and O–H groups in total. The first-order valence-electron chi connectivity index (χ1n) is 6.40. The van der Waals surface area contributed by atoms with E-state index in [1.165, 1.54) is 25.7 Å². The lowest BCUT2D eigenvalue weighted by molar-refractivity contribution is 0.251. The smallest absolute Gasteiger partial charge is 0.166 e. The number of fused-ring (bicyclic) bond motifs is 2. The van der Waals surface area contributed by atoms with Gasteiger partial charge in [-0.15, -0.1) is 0 Å². The number of hydrogen-bond acceptors (Lipinski definition) is 2. The Labute approximate surface area is 103 Å². The Morgan fingerprint density at radius 2 is 2.25 bits per heavy atom. The molecule has 92 valence electrons. The first-order chi connectivity index (χ1) is 7.72.